The maximum absolute atomic E-state index is 13.1. The molecule has 0 aromatic carbocycles. The summed E-state index contributed by atoms with van der Waals surface area (Å²) < 4.78 is 0. The first-order valence-corrected chi connectivity index (χ1v) is 11.0. The van der Waals surface area contributed by atoms with Gasteiger partial charge in [-0.05, 0) is 30.9 Å². The highest BCUT2D eigenvalue weighted by Gasteiger charge is 2.35. The lowest BCUT2D eigenvalue weighted by Crippen LogP contribution is -2.46. The van der Waals surface area contributed by atoms with E-state index in [1.54, 1.807) is 17.0 Å². The van der Waals surface area contributed by atoms with Crippen molar-refractivity contribution in [3.05, 3.63) is 29.3 Å². The van der Waals surface area contributed by atoms with E-state index in [0.29, 0.717) is 30.9 Å². The summed E-state index contributed by atoms with van der Waals surface area (Å²) in [5.74, 6) is -1.39. The van der Waals surface area contributed by atoms with E-state index < -0.39 is 12.0 Å². The Bertz CT molecular complexity index is 985. The van der Waals surface area contributed by atoms with Gasteiger partial charge in [0, 0.05) is 31.0 Å². The van der Waals surface area contributed by atoms with E-state index in [9.17, 15) is 19.2 Å². The number of hydrogen-bond donors (Lipinski definition) is 4. The summed E-state index contributed by atoms with van der Waals surface area (Å²) in [7, 11) is 0. The minimum Gasteiger partial charge on any atom is -0.481 e. The fraction of sp³-hybridized carbons (Fsp3) is 0.571. The first-order valence-electron chi connectivity index (χ1n) is 11.0. The van der Waals surface area contributed by atoms with Gasteiger partial charge < -0.3 is 20.3 Å². The van der Waals surface area contributed by atoms with Gasteiger partial charge in [-0.3, -0.25) is 19.2 Å². The van der Waals surface area contributed by atoms with Crippen molar-refractivity contribution in [3.63, 3.8) is 0 Å². The van der Waals surface area contributed by atoms with E-state index in [-0.39, 0.29) is 55.2 Å². The number of hydrogen-bond acceptors (Lipinski definition) is 7. The first kappa shape index (κ1) is 24.1. The number of aromatic nitrogens is 5. The Kier molecular flexibility index (Phi) is 7.91. The molecule has 0 aliphatic carbocycles. The minimum absolute atomic E-state index is 0.0144. The number of nitrogens with zero attached hydrogens (tertiary/aromatic N) is 4. The van der Waals surface area contributed by atoms with E-state index >= 15 is 0 Å². The molecule has 2 atom stereocenters. The minimum atomic E-state index is -1.00. The molecule has 4 N–H and O–H groups in total. The number of H-pyrrole nitrogens is 2. The van der Waals surface area contributed by atoms with Crippen LogP contribution in [0.2, 0.25) is 0 Å². The molecule has 0 radical (unpaired) electrons. The third kappa shape index (κ3) is 6.24. The zero-order valence-corrected chi connectivity index (χ0v) is 18.7. The Hall–Kier alpha value is -3.57. The van der Waals surface area contributed by atoms with Crippen molar-refractivity contribution in [2.75, 3.05) is 6.54 Å². The summed E-state index contributed by atoms with van der Waals surface area (Å²) in [4.78, 5) is 53.4. The van der Waals surface area contributed by atoms with Gasteiger partial charge >= 0.3 is 5.97 Å². The second-order valence-corrected chi connectivity index (χ2v) is 8.52. The predicted octanol–water partition coefficient (Wildman–Crippen LogP) is 1.01. The molecular weight excluding hydrogens is 430 g/mol. The number of tetrazole rings is 1. The van der Waals surface area contributed by atoms with Crippen molar-refractivity contribution in [3.8, 4) is 0 Å². The highest BCUT2D eigenvalue weighted by molar-refractivity contribution is 5.96. The number of likely N-dealkylation sites (tertiary alicyclic amines) is 1. The summed E-state index contributed by atoms with van der Waals surface area (Å²) >= 11 is 0. The SMILES string of the molecule is CC(C)[C@H](CC(=O)CCC(=O)O)c1ccc(C(=O)N2CCC[C@H]2C(=O)NCc2nn[nH]n2)[nH]1. The van der Waals surface area contributed by atoms with Crippen molar-refractivity contribution in [2.45, 2.75) is 64.5 Å². The molecule has 1 fully saturated rings. The predicted molar refractivity (Wildman–Crippen MR) is 115 cm³/mol. The molecule has 1 aliphatic heterocycles. The van der Waals surface area contributed by atoms with Crippen LogP contribution in [0.25, 0.3) is 0 Å². The van der Waals surface area contributed by atoms with Gasteiger partial charge in [-0.1, -0.05) is 19.1 Å². The van der Waals surface area contributed by atoms with E-state index in [0.717, 1.165) is 5.69 Å². The van der Waals surface area contributed by atoms with Gasteiger partial charge in [-0.2, -0.15) is 5.21 Å². The lowest BCUT2D eigenvalue weighted by Gasteiger charge is -2.23. The van der Waals surface area contributed by atoms with Crippen molar-refractivity contribution >= 4 is 23.6 Å². The van der Waals surface area contributed by atoms with Crippen molar-refractivity contribution in [2.24, 2.45) is 5.92 Å². The molecule has 0 spiro atoms. The Morgan fingerprint density at radius 3 is 2.70 bits per heavy atom. The van der Waals surface area contributed by atoms with Gasteiger partial charge in [0.1, 0.15) is 17.5 Å². The number of Topliss-reactive ketones (excluding diaryl/α,β-unsaturated/α-hetero) is 1. The Balaban J connectivity index is 1.64. The van der Waals surface area contributed by atoms with Crippen LogP contribution in [0.5, 0.6) is 0 Å². The monoisotopic (exact) mass is 459 g/mol. The van der Waals surface area contributed by atoms with E-state index in [1.807, 2.05) is 13.8 Å². The van der Waals surface area contributed by atoms with Gasteiger partial charge in [0.2, 0.25) is 5.91 Å². The van der Waals surface area contributed by atoms with Gasteiger partial charge in [0.05, 0.1) is 13.0 Å². The molecule has 0 saturated carbocycles. The molecule has 0 unspecified atom stereocenters. The first-order chi connectivity index (χ1) is 15.8. The van der Waals surface area contributed by atoms with Gasteiger partial charge in [0.25, 0.3) is 5.91 Å². The average Bonchev–Trinajstić information content (AvgIpc) is 3.54. The van der Waals surface area contributed by atoms with E-state index in [4.69, 9.17) is 5.11 Å². The van der Waals surface area contributed by atoms with Crippen molar-refractivity contribution in [1.29, 1.82) is 0 Å². The summed E-state index contributed by atoms with van der Waals surface area (Å²) in [6, 6.07) is 2.86. The zero-order valence-electron chi connectivity index (χ0n) is 18.7. The molecule has 3 rings (SSSR count). The molecule has 12 nitrogen and oxygen atoms in total. The van der Waals surface area contributed by atoms with Crippen LogP contribution in [-0.2, 0) is 20.9 Å². The molecular formula is C21H29N7O5. The fourth-order valence-corrected chi connectivity index (χ4v) is 4.03. The maximum Gasteiger partial charge on any atom is 0.303 e. The quantitative estimate of drug-likeness (QED) is 0.385. The molecule has 3 heterocycles. The third-order valence-corrected chi connectivity index (χ3v) is 5.83. The van der Waals surface area contributed by atoms with Crippen LogP contribution in [0, 0.1) is 5.92 Å². The molecule has 33 heavy (non-hydrogen) atoms. The molecule has 178 valence electrons. The third-order valence-electron chi connectivity index (χ3n) is 5.83. The standard InChI is InChI=1S/C21H29N7O5/c1-12(2)14(10-13(29)5-8-19(30)31)15-6-7-16(23-15)21(33)28-9-3-4-17(28)20(32)22-11-18-24-26-27-25-18/h6-7,12,14,17,23H,3-5,8-11H2,1-2H3,(H,22,32)(H,30,31)(H,24,25,26,27)/t14-,17-/m0/s1. The number of rotatable bonds is 11. The van der Waals surface area contributed by atoms with E-state index in [2.05, 4.69) is 30.9 Å². The van der Waals surface area contributed by atoms with Gasteiger partial charge in [-0.25, -0.2) is 0 Å². The van der Waals surface area contributed by atoms with Crippen LogP contribution in [-0.4, -0.2) is 71.8 Å². The normalized spacial score (nSPS) is 16.7. The molecule has 0 bridgehead atoms. The average molecular weight is 460 g/mol. The lowest BCUT2D eigenvalue weighted by molar-refractivity contribution is -0.138. The molecule has 2 amide bonds. The molecule has 2 aromatic heterocycles. The summed E-state index contributed by atoms with van der Waals surface area (Å²) in [5.41, 5.74) is 1.10. The van der Waals surface area contributed by atoms with Gasteiger partial charge in [0.15, 0.2) is 5.82 Å². The Morgan fingerprint density at radius 2 is 2.03 bits per heavy atom. The van der Waals surface area contributed by atoms with Crippen LogP contribution in [0.4, 0.5) is 0 Å². The van der Waals surface area contributed by atoms with Crippen LogP contribution < -0.4 is 5.32 Å². The van der Waals surface area contributed by atoms with Crippen molar-refractivity contribution < 1.29 is 24.3 Å². The number of carbonyl (C=O) groups excluding carboxylic acids is 3. The lowest BCUT2D eigenvalue weighted by atomic mass is 9.87. The van der Waals surface area contributed by atoms with Crippen LogP contribution in [0.3, 0.4) is 0 Å². The second kappa shape index (κ2) is 10.8. The summed E-state index contributed by atoms with van der Waals surface area (Å²) in [5, 5.41) is 24.9. The number of amides is 2. The summed E-state index contributed by atoms with van der Waals surface area (Å²) in [6.07, 6.45) is 1.27. The molecule has 2 aromatic rings. The number of carboxylic acid groups (broad SMARTS) is 1. The number of nitrogens with one attached hydrogen (secondary N) is 3. The number of carboxylic acids is 1. The topological polar surface area (TPSA) is 174 Å². The smallest absolute Gasteiger partial charge is 0.303 e. The summed E-state index contributed by atoms with van der Waals surface area (Å²) in [6.45, 7) is 4.53. The zero-order chi connectivity index (χ0) is 24.0. The molecule has 1 aliphatic rings. The number of aromatic amines is 2. The van der Waals surface area contributed by atoms with Crippen LogP contribution in [0.1, 0.15) is 73.9 Å². The Morgan fingerprint density at radius 1 is 1.24 bits per heavy atom. The van der Waals surface area contributed by atoms with Crippen molar-refractivity contribution in [1.82, 2.24) is 35.8 Å². The number of aliphatic carboxylic acids is 1. The maximum atomic E-state index is 13.1. The number of ketones is 1. The van der Waals surface area contributed by atoms with E-state index in [1.165, 1.54) is 0 Å². The molecule has 12 heteroatoms. The van der Waals surface area contributed by atoms with Crippen LogP contribution >= 0.6 is 0 Å². The van der Waals surface area contributed by atoms with Crippen LogP contribution in [0.15, 0.2) is 12.1 Å². The number of carbonyl (C=O) groups is 4. The molecule has 1 saturated heterocycles. The Labute approximate surface area is 190 Å². The largest absolute Gasteiger partial charge is 0.481 e. The fourth-order valence-electron chi connectivity index (χ4n) is 4.03. The second-order valence-electron chi connectivity index (χ2n) is 8.52. The highest BCUT2D eigenvalue weighted by Crippen LogP contribution is 2.29. The van der Waals surface area contributed by atoms with Gasteiger partial charge in [-0.15, -0.1) is 10.2 Å². The highest BCUT2D eigenvalue weighted by atomic mass is 16.4.